The van der Waals surface area contributed by atoms with E-state index in [2.05, 4.69) is 25.2 Å². The maximum Gasteiger partial charge on any atom is 0.226 e. The molecule has 18 heavy (non-hydrogen) atoms. The van der Waals surface area contributed by atoms with E-state index >= 15 is 0 Å². The van der Waals surface area contributed by atoms with Gasteiger partial charge in [-0.15, -0.1) is 0 Å². The number of rotatable bonds is 4. The molecule has 1 aliphatic carbocycles. The molecule has 3 heteroatoms. The van der Waals surface area contributed by atoms with E-state index in [9.17, 15) is 4.79 Å². The van der Waals surface area contributed by atoms with Crippen molar-refractivity contribution in [1.82, 2.24) is 0 Å². The van der Waals surface area contributed by atoms with Crippen molar-refractivity contribution >= 4 is 11.6 Å². The molecule has 1 aromatic carbocycles. The first-order valence-electron chi connectivity index (χ1n) is 6.68. The molecule has 3 N–H and O–H groups in total. The van der Waals surface area contributed by atoms with Gasteiger partial charge in [-0.1, -0.05) is 32.0 Å². The second-order valence-corrected chi connectivity index (χ2v) is 5.68. The van der Waals surface area contributed by atoms with Crippen LogP contribution in [0.4, 0.5) is 5.69 Å². The van der Waals surface area contributed by atoms with Crippen LogP contribution < -0.4 is 11.1 Å². The minimum Gasteiger partial charge on any atom is -0.326 e. The lowest BCUT2D eigenvalue weighted by Crippen LogP contribution is -2.48. The molecular weight excluding hydrogens is 224 g/mol. The molecule has 1 aliphatic rings. The molecule has 1 saturated carbocycles. The first kappa shape index (κ1) is 13.1. The molecule has 2 rings (SSSR count). The van der Waals surface area contributed by atoms with Gasteiger partial charge in [0.05, 0.1) is 0 Å². The van der Waals surface area contributed by atoms with Gasteiger partial charge in [0.15, 0.2) is 0 Å². The van der Waals surface area contributed by atoms with E-state index in [0.29, 0.717) is 12.3 Å². The van der Waals surface area contributed by atoms with E-state index in [0.717, 1.165) is 24.9 Å². The molecule has 0 atom stereocenters. The van der Waals surface area contributed by atoms with Crippen molar-refractivity contribution in [2.75, 3.05) is 5.32 Å². The maximum absolute atomic E-state index is 12.0. The Hall–Kier alpha value is -1.35. The van der Waals surface area contributed by atoms with Gasteiger partial charge >= 0.3 is 0 Å². The Bertz CT molecular complexity index is 436. The molecule has 98 valence electrons. The zero-order valence-corrected chi connectivity index (χ0v) is 11.2. The smallest absolute Gasteiger partial charge is 0.226 e. The fourth-order valence-electron chi connectivity index (χ4n) is 2.44. The summed E-state index contributed by atoms with van der Waals surface area (Å²) < 4.78 is 0. The lowest BCUT2D eigenvalue weighted by molar-refractivity contribution is -0.118. The summed E-state index contributed by atoms with van der Waals surface area (Å²) >= 11 is 0. The molecule has 0 bridgehead atoms. The third-order valence-corrected chi connectivity index (χ3v) is 3.72. The molecule has 0 spiro atoms. The van der Waals surface area contributed by atoms with Crippen LogP contribution in [-0.4, -0.2) is 11.4 Å². The maximum atomic E-state index is 12.0. The number of nitrogens with one attached hydrogen (secondary N) is 1. The average Bonchev–Trinajstić information content (AvgIpc) is 2.27. The monoisotopic (exact) mass is 246 g/mol. The van der Waals surface area contributed by atoms with E-state index in [1.54, 1.807) is 0 Å². The Balaban J connectivity index is 2.02. The standard InChI is InChI=1S/C15H22N2O/c1-11(2)12-6-3-4-7-13(12)17-14(18)10-15(16)8-5-9-15/h3-4,6-7,11H,5,8-10,16H2,1-2H3,(H,17,18). The van der Waals surface area contributed by atoms with E-state index in [4.69, 9.17) is 5.73 Å². The molecule has 3 nitrogen and oxygen atoms in total. The Labute approximate surface area is 109 Å². The number of carbonyl (C=O) groups is 1. The number of nitrogens with two attached hydrogens (primary N) is 1. The fourth-order valence-corrected chi connectivity index (χ4v) is 2.44. The van der Waals surface area contributed by atoms with Crippen molar-refractivity contribution in [3.63, 3.8) is 0 Å². The summed E-state index contributed by atoms with van der Waals surface area (Å²) in [5.74, 6) is 0.433. The molecule has 0 aliphatic heterocycles. The molecule has 1 aromatic rings. The molecule has 1 amide bonds. The van der Waals surface area contributed by atoms with Crippen LogP contribution in [0.25, 0.3) is 0 Å². The van der Waals surface area contributed by atoms with Crippen molar-refractivity contribution in [2.24, 2.45) is 5.73 Å². The Morgan fingerprint density at radius 3 is 2.61 bits per heavy atom. The summed E-state index contributed by atoms with van der Waals surface area (Å²) in [6, 6.07) is 7.96. The summed E-state index contributed by atoms with van der Waals surface area (Å²) in [5, 5.41) is 3.00. The van der Waals surface area contributed by atoms with Crippen LogP contribution in [0.2, 0.25) is 0 Å². The summed E-state index contributed by atoms with van der Waals surface area (Å²) in [5.41, 5.74) is 7.93. The van der Waals surface area contributed by atoms with Crippen LogP contribution in [0.15, 0.2) is 24.3 Å². The normalized spacial score (nSPS) is 17.3. The van der Waals surface area contributed by atoms with Crippen LogP contribution in [0.3, 0.4) is 0 Å². The number of hydrogen-bond acceptors (Lipinski definition) is 2. The van der Waals surface area contributed by atoms with Crippen molar-refractivity contribution in [1.29, 1.82) is 0 Å². The van der Waals surface area contributed by atoms with Gasteiger partial charge in [0.25, 0.3) is 0 Å². The van der Waals surface area contributed by atoms with Gasteiger partial charge in [0.2, 0.25) is 5.91 Å². The largest absolute Gasteiger partial charge is 0.326 e. The minimum atomic E-state index is -0.253. The summed E-state index contributed by atoms with van der Waals surface area (Å²) in [4.78, 5) is 12.0. The molecule has 0 unspecified atom stereocenters. The van der Waals surface area contributed by atoms with Gasteiger partial charge in [-0.3, -0.25) is 4.79 Å². The molecular formula is C15H22N2O. The van der Waals surface area contributed by atoms with Gasteiger partial charge in [-0.25, -0.2) is 0 Å². The van der Waals surface area contributed by atoms with Crippen molar-refractivity contribution in [3.05, 3.63) is 29.8 Å². The highest BCUT2D eigenvalue weighted by molar-refractivity contribution is 5.92. The molecule has 0 aromatic heterocycles. The second kappa shape index (κ2) is 5.11. The van der Waals surface area contributed by atoms with Crippen molar-refractivity contribution in [2.45, 2.75) is 51.0 Å². The highest BCUT2D eigenvalue weighted by Gasteiger charge is 2.34. The first-order valence-corrected chi connectivity index (χ1v) is 6.68. The molecule has 0 radical (unpaired) electrons. The number of benzene rings is 1. The molecule has 0 heterocycles. The van der Waals surface area contributed by atoms with Crippen LogP contribution in [-0.2, 0) is 4.79 Å². The third-order valence-electron chi connectivity index (χ3n) is 3.72. The van der Waals surface area contributed by atoms with Crippen molar-refractivity contribution < 1.29 is 4.79 Å². The first-order chi connectivity index (χ1) is 8.50. The third kappa shape index (κ3) is 2.91. The van der Waals surface area contributed by atoms with Crippen molar-refractivity contribution in [3.8, 4) is 0 Å². The summed E-state index contributed by atoms with van der Waals surface area (Å²) in [7, 11) is 0. The number of hydrogen-bond donors (Lipinski definition) is 2. The quantitative estimate of drug-likeness (QED) is 0.858. The molecule has 1 fully saturated rings. The number of anilines is 1. The number of amides is 1. The van der Waals surface area contributed by atoms with Gasteiger partial charge in [0.1, 0.15) is 0 Å². The summed E-state index contributed by atoms with van der Waals surface area (Å²) in [6.07, 6.45) is 3.50. The van der Waals surface area contributed by atoms with Gasteiger partial charge < -0.3 is 11.1 Å². The lowest BCUT2D eigenvalue weighted by Gasteiger charge is -2.37. The van der Waals surface area contributed by atoms with E-state index in [1.165, 1.54) is 5.56 Å². The van der Waals surface area contributed by atoms with Crippen LogP contribution in [0.5, 0.6) is 0 Å². The summed E-state index contributed by atoms with van der Waals surface area (Å²) in [6.45, 7) is 4.25. The lowest BCUT2D eigenvalue weighted by atomic mass is 9.75. The Kier molecular flexibility index (Phi) is 3.71. The van der Waals surface area contributed by atoms with E-state index in [1.807, 2.05) is 18.2 Å². The van der Waals surface area contributed by atoms with E-state index < -0.39 is 0 Å². The highest BCUT2D eigenvalue weighted by atomic mass is 16.1. The van der Waals surface area contributed by atoms with Crippen LogP contribution in [0.1, 0.15) is 51.0 Å². The predicted octanol–water partition coefficient (Wildman–Crippen LogP) is 3.02. The zero-order chi connectivity index (χ0) is 13.2. The minimum absolute atomic E-state index is 0.0327. The van der Waals surface area contributed by atoms with E-state index in [-0.39, 0.29) is 11.4 Å². The molecule has 0 saturated heterocycles. The average molecular weight is 246 g/mol. The topological polar surface area (TPSA) is 55.1 Å². The predicted molar refractivity (Wildman–Crippen MR) is 74.5 cm³/mol. The SMILES string of the molecule is CC(C)c1ccccc1NC(=O)CC1(N)CCC1. The van der Waals surface area contributed by atoms with Crippen LogP contribution in [0, 0.1) is 0 Å². The number of carbonyl (C=O) groups excluding carboxylic acids is 1. The number of para-hydroxylation sites is 1. The zero-order valence-electron chi connectivity index (χ0n) is 11.2. The van der Waals surface area contributed by atoms with Gasteiger partial charge in [0, 0.05) is 17.6 Å². The Morgan fingerprint density at radius 2 is 2.06 bits per heavy atom. The van der Waals surface area contributed by atoms with Gasteiger partial charge in [-0.2, -0.15) is 0 Å². The van der Waals surface area contributed by atoms with Crippen LogP contribution >= 0.6 is 0 Å². The van der Waals surface area contributed by atoms with Gasteiger partial charge in [-0.05, 0) is 36.8 Å². The second-order valence-electron chi connectivity index (χ2n) is 5.68. The fraction of sp³-hybridized carbons (Fsp3) is 0.533. The Morgan fingerprint density at radius 1 is 1.39 bits per heavy atom. The highest BCUT2D eigenvalue weighted by Crippen LogP contribution is 2.32.